The quantitative estimate of drug-likeness (QED) is 0.728. The molecule has 19 heavy (non-hydrogen) atoms. The first-order chi connectivity index (χ1) is 9.22. The smallest absolute Gasteiger partial charge is 0.258 e. The van der Waals surface area contributed by atoms with Crippen molar-refractivity contribution >= 4 is 0 Å². The molecule has 0 unspecified atom stereocenters. The molecule has 0 aliphatic rings. The molecule has 0 aliphatic carbocycles. The third-order valence-electron chi connectivity index (χ3n) is 2.57. The average molecular weight is 255 g/mol. The highest BCUT2D eigenvalue weighted by Gasteiger charge is 2.10. The Kier molecular flexibility index (Phi) is 2.60. The predicted octanol–water partition coefficient (Wildman–Crippen LogP) is 1.80. The first-order valence-electron chi connectivity index (χ1n) is 5.54. The Labute approximate surface area is 107 Å². The van der Waals surface area contributed by atoms with Crippen molar-refractivity contribution in [3.63, 3.8) is 0 Å². The molecule has 6 heteroatoms. The normalized spacial score (nSPS) is 10.5. The maximum absolute atomic E-state index is 11.2. The first kappa shape index (κ1) is 11.2. The van der Waals surface area contributed by atoms with Crippen molar-refractivity contribution < 1.29 is 9.63 Å². The standard InChI is InChI=1S/C13H9N3O3/c17-10-3-1-8(2-4-10)12-15-13(19-16-12)9-5-6-14-11(18)7-9/h1-7,17H,(H,14,18). The molecular formula is C13H9N3O3. The minimum Gasteiger partial charge on any atom is -0.508 e. The maximum Gasteiger partial charge on any atom is 0.258 e. The number of H-pyrrole nitrogens is 1. The van der Waals surface area contributed by atoms with Crippen LogP contribution < -0.4 is 5.56 Å². The average Bonchev–Trinajstić information content (AvgIpc) is 2.89. The highest BCUT2D eigenvalue weighted by Crippen LogP contribution is 2.22. The van der Waals surface area contributed by atoms with Crippen LogP contribution in [0.5, 0.6) is 5.75 Å². The summed E-state index contributed by atoms with van der Waals surface area (Å²) < 4.78 is 5.11. The van der Waals surface area contributed by atoms with Crippen molar-refractivity contribution in [2.45, 2.75) is 0 Å². The van der Waals surface area contributed by atoms with Crippen LogP contribution in [0, 0.1) is 0 Å². The molecule has 0 aliphatic heterocycles. The number of phenolic OH excluding ortho intramolecular Hbond substituents is 1. The zero-order valence-corrected chi connectivity index (χ0v) is 9.70. The Hall–Kier alpha value is -2.89. The molecule has 2 aromatic heterocycles. The van der Waals surface area contributed by atoms with Crippen molar-refractivity contribution in [1.29, 1.82) is 0 Å². The molecule has 1 aromatic carbocycles. The van der Waals surface area contributed by atoms with Gasteiger partial charge >= 0.3 is 0 Å². The summed E-state index contributed by atoms with van der Waals surface area (Å²) in [4.78, 5) is 17.9. The minimum atomic E-state index is -0.234. The molecule has 2 N–H and O–H groups in total. The lowest BCUT2D eigenvalue weighted by Crippen LogP contribution is -2.01. The van der Waals surface area contributed by atoms with E-state index in [9.17, 15) is 9.90 Å². The Bertz CT molecular complexity index is 759. The molecule has 2 heterocycles. The summed E-state index contributed by atoms with van der Waals surface area (Å²) in [6, 6.07) is 9.50. The summed E-state index contributed by atoms with van der Waals surface area (Å²) in [5, 5.41) is 13.1. The van der Waals surface area contributed by atoms with Gasteiger partial charge in [0.25, 0.3) is 5.89 Å². The van der Waals surface area contributed by atoms with E-state index in [1.165, 1.54) is 12.3 Å². The number of hydrogen-bond donors (Lipinski definition) is 2. The highest BCUT2D eigenvalue weighted by atomic mass is 16.5. The van der Waals surface area contributed by atoms with E-state index < -0.39 is 0 Å². The second-order valence-electron chi connectivity index (χ2n) is 3.91. The molecule has 0 saturated carbocycles. The van der Waals surface area contributed by atoms with Crippen LogP contribution in [0.25, 0.3) is 22.8 Å². The number of nitrogens with one attached hydrogen (secondary N) is 1. The topological polar surface area (TPSA) is 92.0 Å². The van der Waals surface area contributed by atoms with Crippen molar-refractivity contribution in [2.24, 2.45) is 0 Å². The van der Waals surface area contributed by atoms with Crippen molar-refractivity contribution in [3.05, 3.63) is 52.9 Å². The number of hydrogen-bond acceptors (Lipinski definition) is 5. The molecule has 3 aromatic rings. The Morgan fingerprint density at radius 3 is 2.63 bits per heavy atom. The lowest BCUT2D eigenvalue weighted by atomic mass is 10.2. The van der Waals surface area contributed by atoms with Crippen molar-refractivity contribution in [1.82, 2.24) is 15.1 Å². The molecule has 0 fully saturated rings. The molecule has 0 radical (unpaired) electrons. The van der Waals surface area contributed by atoms with Gasteiger partial charge in [-0.2, -0.15) is 4.98 Å². The van der Waals surface area contributed by atoms with Gasteiger partial charge in [0.15, 0.2) is 0 Å². The van der Waals surface area contributed by atoms with Crippen LogP contribution in [0.4, 0.5) is 0 Å². The van der Waals surface area contributed by atoms with Crippen LogP contribution in [0.1, 0.15) is 0 Å². The zero-order chi connectivity index (χ0) is 13.2. The number of aromatic hydroxyl groups is 1. The van der Waals surface area contributed by atoms with E-state index >= 15 is 0 Å². The first-order valence-corrected chi connectivity index (χ1v) is 5.54. The Morgan fingerprint density at radius 1 is 1.11 bits per heavy atom. The molecule has 0 saturated heterocycles. The van der Waals surface area contributed by atoms with E-state index in [1.807, 2.05) is 0 Å². The van der Waals surface area contributed by atoms with Gasteiger partial charge in [-0.1, -0.05) is 5.16 Å². The molecular weight excluding hydrogens is 246 g/mol. The van der Waals surface area contributed by atoms with Crippen LogP contribution in [-0.2, 0) is 0 Å². The van der Waals surface area contributed by atoms with E-state index in [1.54, 1.807) is 30.3 Å². The monoisotopic (exact) mass is 255 g/mol. The van der Waals surface area contributed by atoms with Gasteiger partial charge in [0, 0.05) is 23.4 Å². The summed E-state index contributed by atoms with van der Waals surface area (Å²) in [6.45, 7) is 0. The van der Waals surface area contributed by atoms with Crippen LogP contribution in [0.3, 0.4) is 0 Å². The van der Waals surface area contributed by atoms with E-state index in [0.29, 0.717) is 11.4 Å². The molecule has 0 spiro atoms. The Morgan fingerprint density at radius 2 is 1.89 bits per heavy atom. The van der Waals surface area contributed by atoms with Gasteiger partial charge in [0.2, 0.25) is 11.4 Å². The summed E-state index contributed by atoms with van der Waals surface area (Å²) in [5.41, 5.74) is 1.04. The number of aromatic nitrogens is 3. The number of rotatable bonds is 2. The molecule has 6 nitrogen and oxygen atoms in total. The van der Waals surface area contributed by atoms with Crippen LogP contribution in [0.2, 0.25) is 0 Å². The van der Waals surface area contributed by atoms with Gasteiger partial charge < -0.3 is 14.6 Å². The summed E-state index contributed by atoms with van der Waals surface area (Å²) in [7, 11) is 0. The molecule has 0 amide bonds. The highest BCUT2D eigenvalue weighted by molar-refractivity contribution is 5.59. The van der Waals surface area contributed by atoms with Crippen molar-refractivity contribution in [2.75, 3.05) is 0 Å². The SMILES string of the molecule is O=c1cc(-c2nc(-c3ccc(O)cc3)no2)cc[nH]1. The van der Waals surface area contributed by atoms with Gasteiger partial charge in [-0.25, -0.2) is 0 Å². The fraction of sp³-hybridized carbons (Fsp3) is 0. The molecule has 0 atom stereocenters. The molecule has 0 bridgehead atoms. The van der Waals surface area contributed by atoms with E-state index in [-0.39, 0.29) is 17.2 Å². The lowest BCUT2D eigenvalue weighted by molar-refractivity contribution is 0.432. The predicted molar refractivity (Wildman–Crippen MR) is 67.5 cm³/mol. The summed E-state index contributed by atoms with van der Waals surface area (Å²) >= 11 is 0. The number of nitrogens with zero attached hydrogens (tertiary/aromatic N) is 2. The summed E-state index contributed by atoms with van der Waals surface area (Å²) in [6.07, 6.45) is 1.52. The van der Waals surface area contributed by atoms with Gasteiger partial charge in [-0.05, 0) is 30.3 Å². The van der Waals surface area contributed by atoms with Gasteiger partial charge in [0.05, 0.1) is 0 Å². The fourth-order valence-corrected chi connectivity index (χ4v) is 1.65. The second-order valence-corrected chi connectivity index (χ2v) is 3.91. The third-order valence-corrected chi connectivity index (χ3v) is 2.57. The van der Waals surface area contributed by atoms with Gasteiger partial charge in [-0.3, -0.25) is 4.79 Å². The van der Waals surface area contributed by atoms with E-state index in [4.69, 9.17) is 4.52 Å². The van der Waals surface area contributed by atoms with Crippen LogP contribution >= 0.6 is 0 Å². The maximum atomic E-state index is 11.2. The van der Waals surface area contributed by atoms with Gasteiger partial charge in [0.1, 0.15) is 5.75 Å². The van der Waals surface area contributed by atoms with E-state index in [2.05, 4.69) is 15.1 Å². The van der Waals surface area contributed by atoms with Crippen molar-refractivity contribution in [3.8, 4) is 28.6 Å². The molecule has 3 rings (SSSR count). The fourth-order valence-electron chi connectivity index (χ4n) is 1.65. The number of pyridine rings is 1. The van der Waals surface area contributed by atoms with Crippen LogP contribution in [0.15, 0.2) is 51.9 Å². The van der Waals surface area contributed by atoms with Gasteiger partial charge in [-0.15, -0.1) is 0 Å². The summed E-state index contributed by atoms with van der Waals surface area (Å²) in [5.74, 6) is 0.839. The Balaban J connectivity index is 1.99. The largest absolute Gasteiger partial charge is 0.508 e. The third kappa shape index (κ3) is 2.23. The zero-order valence-electron chi connectivity index (χ0n) is 9.70. The second kappa shape index (κ2) is 4.41. The number of aromatic amines is 1. The minimum absolute atomic E-state index is 0.169. The number of benzene rings is 1. The number of phenols is 1. The van der Waals surface area contributed by atoms with Crippen LogP contribution in [-0.4, -0.2) is 20.2 Å². The van der Waals surface area contributed by atoms with E-state index in [0.717, 1.165) is 5.56 Å². The lowest BCUT2D eigenvalue weighted by Gasteiger charge is -1.94. The molecule has 94 valence electrons.